The van der Waals surface area contributed by atoms with Crippen molar-refractivity contribution >= 4 is 23.3 Å². The number of ether oxygens (including phenoxy) is 1. The van der Waals surface area contributed by atoms with E-state index in [0.29, 0.717) is 0 Å². The Bertz CT molecular complexity index is 372. The molecule has 0 spiro atoms. The number of hydrogen-bond acceptors (Lipinski definition) is 5. The molecule has 0 radical (unpaired) electrons. The number of cyclic esters (lactones) is 2. The summed E-state index contributed by atoms with van der Waals surface area (Å²) in [6.07, 6.45) is 0.876. The first-order valence-electron chi connectivity index (χ1n) is 5.21. The van der Waals surface area contributed by atoms with Crippen molar-refractivity contribution in [3.05, 3.63) is 22.4 Å². The molecule has 0 saturated carbocycles. The van der Waals surface area contributed by atoms with Crippen LogP contribution in [0.3, 0.4) is 0 Å². The quantitative estimate of drug-likeness (QED) is 0.593. The van der Waals surface area contributed by atoms with Crippen LogP contribution in [0.25, 0.3) is 0 Å². The minimum Gasteiger partial charge on any atom is -0.391 e. The Morgan fingerprint density at radius 2 is 2.12 bits per heavy atom. The van der Waals surface area contributed by atoms with Crippen LogP contribution in [0.4, 0.5) is 0 Å². The van der Waals surface area contributed by atoms with E-state index in [1.807, 2.05) is 22.4 Å². The molecule has 0 aromatic carbocycles. The van der Waals surface area contributed by atoms with Gasteiger partial charge in [0.15, 0.2) is 0 Å². The molecule has 1 aliphatic rings. The highest BCUT2D eigenvalue weighted by Gasteiger charge is 2.30. The first-order valence-corrected chi connectivity index (χ1v) is 6.09. The summed E-state index contributed by atoms with van der Waals surface area (Å²) in [6.45, 7) is 2.44. The van der Waals surface area contributed by atoms with Crippen LogP contribution >= 0.6 is 11.3 Å². The second-order valence-corrected chi connectivity index (χ2v) is 4.67. The lowest BCUT2D eigenvalue weighted by molar-refractivity contribution is -0.168. The Morgan fingerprint density at radius 1 is 1.44 bits per heavy atom. The van der Waals surface area contributed by atoms with E-state index >= 15 is 0 Å². The van der Waals surface area contributed by atoms with Gasteiger partial charge in [0, 0.05) is 10.9 Å². The van der Waals surface area contributed by atoms with Crippen molar-refractivity contribution in [2.24, 2.45) is 0 Å². The van der Waals surface area contributed by atoms with Crippen LogP contribution in [-0.4, -0.2) is 29.9 Å². The first kappa shape index (κ1) is 11.3. The zero-order valence-electron chi connectivity index (χ0n) is 9.01. The molecule has 1 unspecified atom stereocenters. The van der Waals surface area contributed by atoms with Gasteiger partial charge in [-0.15, -0.1) is 11.3 Å². The molecule has 1 atom stereocenters. The van der Waals surface area contributed by atoms with Crippen LogP contribution in [0.1, 0.15) is 24.3 Å². The number of carbonyl (C=O) groups is 2. The molecule has 0 aliphatic carbocycles. The van der Waals surface area contributed by atoms with Gasteiger partial charge in [-0.25, -0.2) is 0 Å². The molecule has 1 aromatic heterocycles. The van der Waals surface area contributed by atoms with Crippen LogP contribution < -0.4 is 0 Å². The fourth-order valence-corrected chi connectivity index (χ4v) is 2.86. The Morgan fingerprint density at radius 3 is 2.62 bits per heavy atom. The van der Waals surface area contributed by atoms with E-state index < -0.39 is 11.9 Å². The molecule has 0 N–H and O–H groups in total. The molecule has 1 fully saturated rings. The predicted molar refractivity (Wildman–Crippen MR) is 60.0 cm³/mol. The monoisotopic (exact) mass is 239 g/mol. The van der Waals surface area contributed by atoms with Gasteiger partial charge in [0.25, 0.3) is 0 Å². The van der Waals surface area contributed by atoms with Crippen LogP contribution in [-0.2, 0) is 14.3 Å². The smallest absolute Gasteiger partial charge is 0.327 e. The van der Waals surface area contributed by atoms with Crippen molar-refractivity contribution in [3.63, 3.8) is 0 Å². The Kier molecular flexibility index (Phi) is 3.36. The van der Waals surface area contributed by atoms with Crippen molar-refractivity contribution in [1.82, 2.24) is 4.90 Å². The van der Waals surface area contributed by atoms with Crippen LogP contribution in [0, 0.1) is 0 Å². The number of thiophene rings is 1. The third-order valence-corrected chi connectivity index (χ3v) is 3.56. The molecule has 1 saturated heterocycles. The average molecular weight is 239 g/mol. The van der Waals surface area contributed by atoms with Crippen LogP contribution in [0.15, 0.2) is 17.5 Å². The zero-order chi connectivity index (χ0) is 11.5. The SMILES string of the molecule is CCC(c1cccs1)N1CC(=O)OC(=O)C1. The summed E-state index contributed by atoms with van der Waals surface area (Å²) >= 11 is 1.65. The van der Waals surface area contributed by atoms with E-state index in [1.54, 1.807) is 11.3 Å². The topological polar surface area (TPSA) is 46.6 Å². The Balaban J connectivity index is 2.15. The summed E-state index contributed by atoms with van der Waals surface area (Å²) in [5.41, 5.74) is 0. The largest absolute Gasteiger partial charge is 0.391 e. The van der Waals surface area contributed by atoms with Gasteiger partial charge in [0.05, 0.1) is 13.1 Å². The van der Waals surface area contributed by atoms with Crippen LogP contribution in [0.5, 0.6) is 0 Å². The van der Waals surface area contributed by atoms with E-state index in [9.17, 15) is 9.59 Å². The molecule has 16 heavy (non-hydrogen) atoms. The average Bonchev–Trinajstić information content (AvgIpc) is 2.70. The summed E-state index contributed by atoms with van der Waals surface area (Å²) < 4.78 is 4.51. The van der Waals surface area contributed by atoms with Crippen LogP contribution in [0.2, 0.25) is 0 Å². The third-order valence-electron chi connectivity index (χ3n) is 2.59. The number of esters is 2. The molecule has 1 aromatic rings. The summed E-state index contributed by atoms with van der Waals surface area (Å²) in [7, 11) is 0. The Hall–Kier alpha value is -1.20. The highest BCUT2D eigenvalue weighted by molar-refractivity contribution is 7.10. The molecular weight excluding hydrogens is 226 g/mol. The lowest BCUT2D eigenvalue weighted by atomic mass is 10.1. The van der Waals surface area contributed by atoms with Gasteiger partial charge in [0.2, 0.25) is 0 Å². The van der Waals surface area contributed by atoms with Gasteiger partial charge in [0.1, 0.15) is 0 Å². The van der Waals surface area contributed by atoms with Crippen molar-refractivity contribution in [3.8, 4) is 0 Å². The summed E-state index contributed by atoms with van der Waals surface area (Å²) in [5, 5.41) is 2.00. The summed E-state index contributed by atoms with van der Waals surface area (Å²) in [5.74, 6) is -0.905. The maximum Gasteiger partial charge on any atom is 0.327 e. The molecule has 0 bridgehead atoms. The minimum atomic E-state index is -0.453. The maximum absolute atomic E-state index is 11.2. The molecular formula is C11H13NO3S. The summed E-state index contributed by atoms with van der Waals surface area (Å²) in [6, 6.07) is 4.15. The lowest BCUT2D eigenvalue weighted by Crippen LogP contribution is -2.44. The molecule has 86 valence electrons. The van der Waals surface area contributed by atoms with Gasteiger partial charge < -0.3 is 4.74 Å². The third kappa shape index (κ3) is 2.31. The highest BCUT2D eigenvalue weighted by Crippen LogP contribution is 2.28. The van der Waals surface area contributed by atoms with Gasteiger partial charge in [-0.3, -0.25) is 14.5 Å². The lowest BCUT2D eigenvalue weighted by Gasteiger charge is -2.31. The molecule has 4 nitrogen and oxygen atoms in total. The van der Waals surface area contributed by atoms with Crippen molar-refractivity contribution in [1.29, 1.82) is 0 Å². The fourth-order valence-electron chi connectivity index (χ4n) is 1.92. The Labute approximate surface area is 97.8 Å². The van der Waals surface area contributed by atoms with Gasteiger partial charge in [-0.1, -0.05) is 13.0 Å². The van der Waals surface area contributed by atoms with Gasteiger partial charge in [-0.2, -0.15) is 0 Å². The maximum atomic E-state index is 11.2. The van der Waals surface area contributed by atoms with E-state index in [1.165, 1.54) is 4.88 Å². The second kappa shape index (κ2) is 4.76. The van der Waals surface area contributed by atoms with Gasteiger partial charge >= 0.3 is 11.9 Å². The molecule has 1 aliphatic heterocycles. The number of hydrogen-bond donors (Lipinski definition) is 0. The molecule has 5 heteroatoms. The number of rotatable bonds is 3. The normalized spacial score (nSPS) is 19.6. The highest BCUT2D eigenvalue weighted by atomic mass is 32.1. The van der Waals surface area contributed by atoms with E-state index in [4.69, 9.17) is 0 Å². The first-order chi connectivity index (χ1) is 7.70. The number of nitrogens with zero attached hydrogens (tertiary/aromatic N) is 1. The summed E-state index contributed by atoms with van der Waals surface area (Å²) in [4.78, 5) is 25.4. The number of carbonyl (C=O) groups excluding carboxylic acids is 2. The standard InChI is InChI=1S/C11H13NO3S/c1-2-8(9-4-3-5-16-9)12-6-10(13)15-11(14)7-12/h3-5,8H,2,6-7H2,1H3. The van der Waals surface area contributed by atoms with Crippen molar-refractivity contribution in [2.75, 3.05) is 13.1 Å². The van der Waals surface area contributed by atoms with Crippen molar-refractivity contribution < 1.29 is 14.3 Å². The molecule has 2 heterocycles. The van der Waals surface area contributed by atoms with E-state index in [0.717, 1.165) is 6.42 Å². The number of morpholine rings is 1. The second-order valence-electron chi connectivity index (χ2n) is 3.69. The van der Waals surface area contributed by atoms with Gasteiger partial charge in [-0.05, 0) is 17.9 Å². The van der Waals surface area contributed by atoms with Crippen molar-refractivity contribution in [2.45, 2.75) is 19.4 Å². The zero-order valence-corrected chi connectivity index (χ0v) is 9.83. The fraction of sp³-hybridized carbons (Fsp3) is 0.455. The minimum absolute atomic E-state index is 0.136. The van der Waals surface area contributed by atoms with E-state index in [2.05, 4.69) is 11.7 Å². The van der Waals surface area contributed by atoms with E-state index in [-0.39, 0.29) is 19.1 Å². The molecule has 0 amide bonds. The predicted octanol–water partition coefficient (Wildman–Crippen LogP) is 1.58. The molecule has 2 rings (SSSR count).